The fraction of sp³-hybridized carbons (Fsp3) is 0. The molecule has 0 radical (unpaired) electrons. The lowest BCUT2D eigenvalue weighted by Gasteiger charge is -1.84. The predicted molar refractivity (Wildman–Crippen MR) is 47.2 cm³/mol. The molecule has 1 nitrogen and oxygen atoms in total. The highest BCUT2D eigenvalue weighted by Crippen LogP contribution is 1.93. The molecule has 0 aliphatic rings. The molecule has 0 heterocycles. The zero-order chi connectivity index (χ0) is 7.82. The van der Waals surface area contributed by atoms with Crippen molar-refractivity contribution in [1.82, 2.24) is 0 Å². The number of nitrogens with zero attached hydrogens (tertiary/aromatic N) is 1. The predicted octanol–water partition coefficient (Wildman–Crippen LogP) is 2.50. The second-order valence-electron chi connectivity index (χ2n) is 1.56. The Morgan fingerprint density at radius 3 is 2.10 bits per heavy atom. The average molecular weight is 133 g/mol. The lowest BCUT2D eigenvalue weighted by molar-refractivity contribution is 1.62. The first kappa shape index (κ1) is 8.63. The van der Waals surface area contributed by atoms with Gasteiger partial charge in [0.05, 0.1) is 0 Å². The van der Waals surface area contributed by atoms with Crippen LogP contribution in [0.25, 0.3) is 0 Å². The normalized spacial score (nSPS) is 8.80. The topological polar surface area (TPSA) is 12.4 Å². The molecule has 0 aromatic carbocycles. The van der Waals surface area contributed by atoms with Crippen molar-refractivity contribution >= 4 is 6.21 Å². The van der Waals surface area contributed by atoms with Crippen molar-refractivity contribution in [3.8, 4) is 0 Å². The number of hydrogen-bond acceptors (Lipinski definition) is 1. The highest BCUT2D eigenvalue weighted by molar-refractivity contribution is 5.74. The Morgan fingerprint density at radius 1 is 1.10 bits per heavy atom. The minimum absolute atomic E-state index is 0.950. The molecule has 0 spiro atoms. The third-order valence-electron chi connectivity index (χ3n) is 0.930. The quantitative estimate of drug-likeness (QED) is 0.412. The Morgan fingerprint density at radius 2 is 1.70 bits per heavy atom. The first-order valence-electron chi connectivity index (χ1n) is 2.94. The summed E-state index contributed by atoms with van der Waals surface area (Å²) in [6.45, 7) is 10.6. The minimum atomic E-state index is 0.950. The van der Waals surface area contributed by atoms with E-state index in [-0.39, 0.29) is 0 Å². The van der Waals surface area contributed by atoms with Crippen LogP contribution in [0.3, 0.4) is 0 Å². The molecular formula is C9H11N. The molecule has 0 N–H and O–H groups in total. The molecule has 0 saturated heterocycles. The average Bonchev–Trinajstić information content (AvgIpc) is 1.99. The van der Waals surface area contributed by atoms with Gasteiger partial charge in [0, 0.05) is 12.4 Å². The van der Waals surface area contributed by atoms with Crippen LogP contribution < -0.4 is 0 Å². The van der Waals surface area contributed by atoms with Crippen molar-refractivity contribution < 1.29 is 0 Å². The molecule has 0 aromatic heterocycles. The second kappa shape index (κ2) is 5.76. The van der Waals surface area contributed by atoms with Crippen LogP contribution in [-0.4, -0.2) is 6.21 Å². The van der Waals surface area contributed by atoms with Crippen molar-refractivity contribution in [3.63, 3.8) is 0 Å². The fourth-order valence-electron chi connectivity index (χ4n) is 0.409. The first-order valence-corrected chi connectivity index (χ1v) is 2.94. The van der Waals surface area contributed by atoms with E-state index in [0.29, 0.717) is 0 Å². The summed E-state index contributed by atoms with van der Waals surface area (Å²) < 4.78 is 0. The number of hydrogen-bond donors (Lipinski definition) is 0. The largest absolute Gasteiger partial charge is 0.265 e. The number of allylic oxidation sites excluding steroid dienone is 4. The summed E-state index contributed by atoms with van der Waals surface area (Å²) in [5, 5.41) is 0. The SMILES string of the molecule is C=CN=CC=C(C=C)C=C. The Bertz CT molecular complexity index is 175. The van der Waals surface area contributed by atoms with Gasteiger partial charge in [0.2, 0.25) is 0 Å². The van der Waals surface area contributed by atoms with Crippen LogP contribution in [0, 0.1) is 0 Å². The molecule has 1 heteroatoms. The summed E-state index contributed by atoms with van der Waals surface area (Å²) in [7, 11) is 0. The van der Waals surface area contributed by atoms with E-state index >= 15 is 0 Å². The van der Waals surface area contributed by atoms with Gasteiger partial charge >= 0.3 is 0 Å². The number of aliphatic imine (C=N–C) groups is 1. The van der Waals surface area contributed by atoms with Crippen LogP contribution in [0.2, 0.25) is 0 Å². The molecule has 0 rings (SSSR count). The molecule has 0 fully saturated rings. The maximum Gasteiger partial charge on any atom is 0.0273 e. The van der Waals surface area contributed by atoms with E-state index < -0.39 is 0 Å². The van der Waals surface area contributed by atoms with E-state index in [2.05, 4.69) is 24.7 Å². The number of rotatable bonds is 4. The standard InChI is InChI=1S/C9H11N/c1-4-9(5-2)7-8-10-6-3/h4-8H,1-3H2. The summed E-state index contributed by atoms with van der Waals surface area (Å²) in [4.78, 5) is 3.77. The van der Waals surface area contributed by atoms with Gasteiger partial charge in [-0.1, -0.05) is 31.9 Å². The molecule has 0 bridgehead atoms. The van der Waals surface area contributed by atoms with Gasteiger partial charge in [0.15, 0.2) is 0 Å². The van der Waals surface area contributed by atoms with Gasteiger partial charge in [-0.05, 0) is 11.6 Å². The maximum atomic E-state index is 3.77. The molecule has 0 amide bonds. The maximum absolute atomic E-state index is 3.77. The lowest BCUT2D eigenvalue weighted by Crippen LogP contribution is -1.69. The highest BCUT2D eigenvalue weighted by atomic mass is 14.6. The van der Waals surface area contributed by atoms with Gasteiger partial charge < -0.3 is 0 Å². The molecule has 0 aliphatic heterocycles. The van der Waals surface area contributed by atoms with E-state index in [4.69, 9.17) is 0 Å². The van der Waals surface area contributed by atoms with Crippen molar-refractivity contribution in [2.75, 3.05) is 0 Å². The molecule has 10 heavy (non-hydrogen) atoms. The zero-order valence-electron chi connectivity index (χ0n) is 5.96. The third kappa shape index (κ3) is 3.61. The van der Waals surface area contributed by atoms with Crippen LogP contribution in [0.4, 0.5) is 0 Å². The Hall–Kier alpha value is -1.37. The molecule has 0 atom stereocenters. The molecule has 0 unspecified atom stereocenters. The van der Waals surface area contributed by atoms with Gasteiger partial charge in [0.1, 0.15) is 0 Å². The van der Waals surface area contributed by atoms with Gasteiger partial charge in [0.25, 0.3) is 0 Å². The van der Waals surface area contributed by atoms with Gasteiger partial charge in [-0.25, -0.2) is 0 Å². The molecule has 0 aromatic rings. The Labute approximate surface area is 61.8 Å². The summed E-state index contributed by atoms with van der Waals surface area (Å²) >= 11 is 0. The van der Waals surface area contributed by atoms with Gasteiger partial charge in [-0.2, -0.15) is 0 Å². The van der Waals surface area contributed by atoms with Gasteiger partial charge in [-0.15, -0.1) is 0 Å². The molecule has 0 aliphatic carbocycles. The monoisotopic (exact) mass is 133 g/mol. The van der Waals surface area contributed by atoms with Crippen LogP contribution in [-0.2, 0) is 0 Å². The molecule has 0 saturated carbocycles. The van der Waals surface area contributed by atoms with Crippen LogP contribution in [0.15, 0.2) is 54.7 Å². The highest BCUT2D eigenvalue weighted by Gasteiger charge is 1.75. The Balaban J connectivity index is 4.10. The Kier molecular flexibility index (Phi) is 4.97. The van der Waals surface area contributed by atoms with Crippen molar-refractivity contribution in [2.45, 2.75) is 0 Å². The van der Waals surface area contributed by atoms with Crippen LogP contribution in [0.5, 0.6) is 0 Å². The molecular weight excluding hydrogens is 122 g/mol. The van der Waals surface area contributed by atoms with E-state index in [0.717, 1.165) is 5.57 Å². The summed E-state index contributed by atoms with van der Waals surface area (Å²) in [5.41, 5.74) is 0.950. The van der Waals surface area contributed by atoms with Crippen molar-refractivity contribution in [3.05, 3.63) is 49.7 Å². The van der Waals surface area contributed by atoms with Crippen molar-refractivity contribution in [2.24, 2.45) is 4.99 Å². The van der Waals surface area contributed by atoms with E-state index in [9.17, 15) is 0 Å². The summed E-state index contributed by atoms with van der Waals surface area (Å²) in [5.74, 6) is 0. The smallest absolute Gasteiger partial charge is 0.0273 e. The van der Waals surface area contributed by atoms with E-state index in [1.165, 1.54) is 6.20 Å². The van der Waals surface area contributed by atoms with Crippen molar-refractivity contribution in [1.29, 1.82) is 0 Å². The molecule has 52 valence electrons. The second-order valence-corrected chi connectivity index (χ2v) is 1.56. The van der Waals surface area contributed by atoms with Crippen LogP contribution in [0.1, 0.15) is 0 Å². The first-order chi connectivity index (χ1) is 4.85. The summed E-state index contributed by atoms with van der Waals surface area (Å²) in [6.07, 6.45) is 8.35. The lowest BCUT2D eigenvalue weighted by atomic mass is 10.2. The van der Waals surface area contributed by atoms with E-state index in [1.54, 1.807) is 18.4 Å². The fourth-order valence-corrected chi connectivity index (χ4v) is 0.409. The zero-order valence-corrected chi connectivity index (χ0v) is 5.96. The van der Waals surface area contributed by atoms with Crippen LogP contribution >= 0.6 is 0 Å². The third-order valence-corrected chi connectivity index (χ3v) is 0.930. The van der Waals surface area contributed by atoms with E-state index in [1.807, 2.05) is 6.08 Å². The minimum Gasteiger partial charge on any atom is -0.265 e. The van der Waals surface area contributed by atoms with Gasteiger partial charge in [-0.3, -0.25) is 4.99 Å². The summed E-state index contributed by atoms with van der Waals surface area (Å²) in [6, 6.07) is 0.